The van der Waals surface area contributed by atoms with Crippen molar-refractivity contribution in [3.8, 4) is 0 Å². The van der Waals surface area contributed by atoms with Gasteiger partial charge in [0.15, 0.2) is 0 Å². The van der Waals surface area contributed by atoms with Gasteiger partial charge in [0.05, 0.1) is 11.6 Å². The van der Waals surface area contributed by atoms with Gasteiger partial charge < -0.3 is 4.74 Å². The number of hydrazine groups is 1. The van der Waals surface area contributed by atoms with Crippen LogP contribution in [0.4, 0.5) is 8.78 Å². The highest BCUT2D eigenvalue weighted by molar-refractivity contribution is 5.22. The predicted octanol–water partition coefficient (Wildman–Crippen LogP) is 2.28. The van der Waals surface area contributed by atoms with Gasteiger partial charge in [0.1, 0.15) is 11.6 Å². The zero-order valence-electron chi connectivity index (χ0n) is 10.3. The quantitative estimate of drug-likeness (QED) is 0.617. The van der Waals surface area contributed by atoms with E-state index in [0.29, 0.717) is 12.0 Å². The highest BCUT2D eigenvalue weighted by atomic mass is 19.1. The predicted molar refractivity (Wildman–Crippen MR) is 62.1 cm³/mol. The normalized spacial score (nSPS) is 13.8. The lowest BCUT2D eigenvalue weighted by Gasteiger charge is -2.28. The minimum Gasteiger partial charge on any atom is -0.379 e. The minimum atomic E-state index is -0.611. The maximum absolute atomic E-state index is 13.6. The van der Waals surface area contributed by atoms with E-state index in [4.69, 9.17) is 10.6 Å². The molecule has 17 heavy (non-hydrogen) atoms. The van der Waals surface area contributed by atoms with Gasteiger partial charge in [0, 0.05) is 18.7 Å². The summed E-state index contributed by atoms with van der Waals surface area (Å²) in [4.78, 5) is 0. The second kappa shape index (κ2) is 5.53. The van der Waals surface area contributed by atoms with Gasteiger partial charge in [0.25, 0.3) is 0 Å². The lowest BCUT2D eigenvalue weighted by Crippen LogP contribution is -2.35. The van der Waals surface area contributed by atoms with Crippen molar-refractivity contribution >= 4 is 0 Å². The first kappa shape index (κ1) is 14.0. The van der Waals surface area contributed by atoms with Crippen molar-refractivity contribution in [3.63, 3.8) is 0 Å². The Morgan fingerprint density at radius 1 is 1.41 bits per heavy atom. The first-order chi connectivity index (χ1) is 7.89. The molecule has 0 saturated carbocycles. The molecule has 1 rings (SSSR count). The number of rotatable bonds is 5. The molecule has 3 N–H and O–H groups in total. The molecule has 96 valence electrons. The van der Waals surface area contributed by atoms with Crippen molar-refractivity contribution in [1.29, 1.82) is 0 Å². The number of nitrogens with one attached hydrogen (secondary N) is 1. The largest absolute Gasteiger partial charge is 0.379 e. The summed E-state index contributed by atoms with van der Waals surface area (Å²) in [6.45, 7) is 3.75. The van der Waals surface area contributed by atoms with Crippen molar-refractivity contribution in [2.45, 2.75) is 31.9 Å². The van der Waals surface area contributed by atoms with Crippen LogP contribution >= 0.6 is 0 Å². The molecule has 0 aliphatic carbocycles. The van der Waals surface area contributed by atoms with E-state index in [9.17, 15) is 8.78 Å². The summed E-state index contributed by atoms with van der Waals surface area (Å²) in [6.07, 6.45) is 0.475. The van der Waals surface area contributed by atoms with Gasteiger partial charge in [-0.2, -0.15) is 0 Å². The van der Waals surface area contributed by atoms with E-state index in [1.807, 2.05) is 13.8 Å². The van der Waals surface area contributed by atoms with Crippen molar-refractivity contribution in [1.82, 2.24) is 5.43 Å². The average Bonchev–Trinajstić information content (AvgIpc) is 2.26. The molecule has 0 amide bonds. The fourth-order valence-electron chi connectivity index (χ4n) is 1.62. The van der Waals surface area contributed by atoms with Crippen molar-refractivity contribution < 1.29 is 13.5 Å². The van der Waals surface area contributed by atoms with E-state index in [2.05, 4.69) is 5.43 Å². The third kappa shape index (κ3) is 3.73. The van der Waals surface area contributed by atoms with Crippen LogP contribution in [-0.4, -0.2) is 12.7 Å². The molecule has 0 saturated heterocycles. The number of benzene rings is 1. The van der Waals surface area contributed by atoms with Crippen molar-refractivity contribution in [3.05, 3.63) is 35.4 Å². The number of ether oxygens (including phenoxy) is 1. The first-order valence-electron chi connectivity index (χ1n) is 5.36. The van der Waals surface area contributed by atoms with Gasteiger partial charge in [0.2, 0.25) is 0 Å². The van der Waals surface area contributed by atoms with Gasteiger partial charge in [-0.25, -0.2) is 8.78 Å². The van der Waals surface area contributed by atoms with E-state index in [1.165, 1.54) is 12.1 Å². The maximum Gasteiger partial charge on any atom is 0.130 e. The van der Waals surface area contributed by atoms with E-state index >= 15 is 0 Å². The number of nitrogens with two attached hydrogens (primary N) is 1. The fraction of sp³-hybridized carbons (Fsp3) is 0.500. The summed E-state index contributed by atoms with van der Waals surface area (Å²) in [5, 5.41) is 0. The molecule has 3 nitrogen and oxygen atoms in total. The molecule has 0 radical (unpaired) electrons. The van der Waals surface area contributed by atoms with E-state index in [0.717, 1.165) is 6.07 Å². The zero-order chi connectivity index (χ0) is 13.1. The molecule has 0 spiro atoms. The summed E-state index contributed by atoms with van der Waals surface area (Å²) >= 11 is 0. The molecule has 0 aliphatic rings. The maximum atomic E-state index is 13.6. The molecule has 5 heteroatoms. The van der Waals surface area contributed by atoms with E-state index in [-0.39, 0.29) is 0 Å². The highest BCUT2D eigenvalue weighted by Crippen LogP contribution is 2.27. The Morgan fingerprint density at radius 2 is 2.06 bits per heavy atom. The Kier molecular flexibility index (Phi) is 4.56. The highest BCUT2D eigenvalue weighted by Gasteiger charge is 2.25. The van der Waals surface area contributed by atoms with Crippen LogP contribution in [0.25, 0.3) is 0 Å². The SMILES string of the molecule is COC(C)(C)CC(NN)c1ccc(F)cc1F. The van der Waals surface area contributed by atoms with E-state index in [1.54, 1.807) is 7.11 Å². The van der Waals surface area contributed by atoms with Crippen LogP contribution in [0, 0.1) is 11.6 Å². The molecule has 1 aromatic rings. The Morgan fingerprint density at radius 3 is 2.53 bits per heavy atom. The molecular weight excluding hydrogens is 226 g/mol. The molecular formula is C12H18F2N2O. The average molecular weight is 244 g/mol. The fourth-order valence-corrected chi connectivity index (χ4v) is 1.62. The van der Waals surface area contributed by atoms with Gasteiger partial charge in [-0.15, -0.1) is 0 Å². The van der Waals surface area contributed by atoms with Gasteiger partial charge >= 0.3 is 0 Å². The number of halogens is 2. The Bertz CT molecular complexity index is 383. The van der Waals surface area contributed by atoms with Crippen LogP contribution in [0.15, 0.2) is 18.2 Å². The monoisotopic (exact) mass is 244 g/mol. The second-order valence-electron chi connectivity index (χ2n) is 4.55. The lowest BCUT2D eigenvalue weighted by atomic mass is 9.94. The minimum absolute atomic E-state index is 0.332. The first-order valence-corrected chi connectivity index (χ1v) is 5.36. The van der Waals surface area contributed by atoms with Gasteiger partial charge in [-0.05, 0) is 26.3 Å². The van der Waals surface area contributed by atoms with Gasteiger partial charge in [-0.3, -0.25) is 11.3 Å². The Balaban J connectivity index is 2.94. The van der Waals surface area contributed by atoms with Crippen molar-refractivity contribution in [2.75, 3.05) is 7.11 Å². The Hall–Kier alpha value is -1.04. The molecule has 0 heterocycles. The number of hydrogen-bond acceptors (Lipinski definition) is 3. The third-order valence-corrected chi connectivity index (χ3v) is 2.79. The molecule has 1 unspecified atom stereocenters. The smallest absolute Gasteiger partial charge is 0.130 e. The topological polar surface area (TPSA) is 47.3 Å². The van der Waals surface area contributed by atoms with Crippen LogP contribution in [0.1, 0.15) is 31.9 Å². The summed E-state index contributed by atoms with van der Waals surface area (Å²) in [5.41, 5.74) is 2.41. The number of hydrogen-bond donors (Lipinski definition) is 2. The van der Waals surface area contributed by atoms with Crippen LogP contribution in [0.3, 0.4) is 0 Å². The molecule has 0 aliphatic heterocycles. The number of methoxy groups -OCH3 is 1. The van der Waals surface area contributed by atoms with Crippen LogP contribution in [0.2, 0.25) is 0 Å². The standard InChI is InChI=1S/C12H18F2N2O/c1-12(2,17-3)7-11(16-15)9-5-4-8(13)6-10(9)14/h4-6,11,16H,7,15H2,1-3H3. The molecule has 0 bridgehead atoms. The van der Waals surface area contributed by atoms with Crippen LogP contribution < -0.4 is 11.3 Å². The third-order valence-electron chi connectivity index (χ3n) is 2.79. The van der Waals surface area contributed by atoms with Gasteiger partial charge in [-0.1, -0.05) is 6.07 Å². The summed E-state index contributed by atoms with van der Waals surface area (Å²) in [6, 6.07) is 3.02. The molecule has 0 aromatic heterocycles. The van der Waals surface area contributed by atoms with Crippen molar-refractivity contribution in [2.24, 2.45) is 5.84 Å². The van der Waals surface area contributed by atoms with E-state index < -0.39 is 23.3 Å². The lowest BCUT2D eigenvalue weighted by molar-refractivity contribution is 0.00654. The summed E-state index contributed by atoms with van der Waals surface area (Å²) < 4.78 is 31.7. The molecule has 0 fully saturated rings. The zero-order valence-corrected chi connectivity index (χ0v) is 10.3. The second-order valence-corrected chi connectivity index (χ2v) is 4.55. The summed E-state index contributed by atoms with van der Waals surface area (Å²) in [7, 11) is 1.58. The van der Waals surface area contributed by atoms with Crippen LogP contribution in [-0.2, 0) is 4.74 Å². The van der Waals surface area contributed by atoms with Crippen LogP contribution in [0.5, 0.6) is 0 Å². The molecule has 1 atom stereocenters. The Labute approximate surface area is 99.9 Å². The molecule has 1 aromatic carbocycles. The summed E-state index contributed by atoms with van der Waals surface area (Å²) in [5.74, 6) is 4.19.